The van der Waals surface area contributed by atoms with Crippen LogP contribution in [0.2, 0.25) is 10.0 Å². The lowest BCUT2D eigenvalue weighted by Crippen LogP contribution is -2.04. The van der Waals surface area contributed by atoms with E-state index in [0.717, 1.165) is 12.8 Å². The smallest absolute Gasteiger partial charge is 0.203 e. The van der Waals surface area contributed by atoms with Crippen LogP contribution in [-0.4, -0.2) is 27.4 Å². The summed E-state index contributed by atoms with van der Waals surface area (Å²) < 4.78 is 22.0. The van der Waals surface area contributed by atoms with Crippen LogP contribution in [0.15, 0.2) is 36.4 Å². The summed E-state index contributed by atoms with van der Waals surface area (Å²) in [6.45, 7) is 1.07. The van der Waals surface area contributed by atoms with E-state index < -0.39 is 0 Å². The SMILES string of the molecule is COc1cccc(OC)c1OCCCCOc1cc(Cl)ccc1Cl. The van der Waals surface area contributed by atoms with Gasteiger partial charge in [0.15, 0.2) is 11.5 Å². The van der Waals surface area contributed by atoms with Gasteiger partial charge < -0.3 is 18.9 Å². The second-order valence-corrected chi connectivity index (χ2v) is 5.81. The van der Waals surface area contributed by atoms with Crippen molar-refractivity contribution in [2.45, 2.75) is 12.8 Å². The molecule has 2 aromatic carbocycles. The lowest BCUT2D eigenvalue weighted by atomic mass is 10.3. The van der Waals surface area contributed by atoms with Gasteiger partial charge in [-0.1, -0.05) is 29.3 Å². The summed E-state index contributed by atoms with van der Waals surface area (Å²) in [4.78, 5) is 0. The van der Waals surface area contributed by atoms with Crippen LogP contribution in [0, 0.1) is 0 Å². The molecule has 0 atom stereocenters. The van der Waals surface area contributed by atoms with Gasteiger partial charge in [-0.25, -0.2) is 0 Å². The van der Waals surface area contributed by atoms with Crippen LogP contribution in [0.1, 0.15) is 12.8 Å². The third-order valence-corrected chi connectivity index (χ3v) is 3.87. The van der Waals surface area contributed by atoms with Crippen LogP contribution >= 0.6 is 23.2 Å². The van der Waals surface area contributed by atoms with Crippen molar-refractivity contribution in [2.75, 3.05) is 27.4 Å². The monoisotopic (exact) mass is 370 g/mol. The molecule has 0 saturated heterocycles. The predicted octanol–water partition coefficient (Wildman–Crippen LogP) is 5.25. The largest absolute Gasteiger partial charge is 0.493 e. The Bertz CT molecular complexity index is 639. The minimum Gasteiger partial charge on any atom is -0.493 e. The molecular formula is C18H20Cl2O4. The van der Waals surface area contributed by atoms with Gasteiger partial charge in [-0.15, -0.1) is 0 Å². The number of para-hydroxylation sites is 1. The Balaban J connectivity index is 1.77. The fraction of sp³-hybridized carbons (Fsp3) is 0.333. The molecule has 0 aliphatic rings. The van der Waals surface area contributed by atoms with Crippen LogP contribution in [-0.2, 0) is 0 Å². The van der Waals surface area contributed by atoms with Gasteiger partial charge in [0.05, 0.1) is 32.5 Å². The average molecular weight is 371 g/mol. The fourth-order valence-electron chi connectivity index (χ4n) is 2.11. The highest BCUT2D eigenvalue weighted by Crippen LogP contribution is 2.36. The van der Waals surface area contributed by atoms with Crippen LogP contribution in [0.5, 0.6) is 23.0 Å². The van der Waals surface area contributed by atoms with Crippen LogP contribution in [0.4, 0.5) is 0 Å². The van der Waals surface area contributed by atoms with Crippen molar-refractivity contribution in [1.82, 2.24) is 0 Å². The van der Waals surface area contributed by atoms with E-state index >= 15 is 0 Å². The van der Waals surface area contributed by atoms with E-state index in [2.05, 4.69) is 0 Å². The Labute approximate surface area is 152 Å². The van der Waals surface area contributed by atoms with Gasteiger partial charge >= 0.3 is 0 Å². The maximum Gasteiger partial charge on any atom is 0.203 e. The zero-order valence-electron chi connectivity index (χ0n) is 13.7. The first-order valence-electron chi connectivity index (χ1n) is 7.57. The Morgan fingerprint density at radius 2 is 1.42 bits per heavy atom. The molecule has 0 saturated carbocycles. The van der Waals surface area contributed by atoms with Gasteiger partial charge in [-0.05, 0) is 37.1 Å². The van der Waals surface area contributed by atoms with Crippen molar-refractivity contribution < 1.29 is 18.9 Å². The molecule has 2 aromatic rings. The molecule has 0 bridgehead atoms. The van der Waals surface area contributed by atoms with Gasteiger partial charge in [0, 0.05) is 11.1 Å². The molecule has 0 amide bonds. The molecule has 0 N–H and O–H groups in total. The first-order valence-corrected chi connectivity index (χ1v) is 8.33. The number of benzene rings is 2. The summed E-state index contributed by atoms with van der Waals surface area (Å²) in [5, 5.41) is 1.15. The van der Waals surface area contributed by atoms with E-state index in [1.807, 2.05) is 18.2 Å². The second kappa shape index (κ2) is 9.50. The Morgan fingerprint density at radius 1 is 0.792 bits per heavy atom. The summed E-state index contributed by atoms with van der Waals surface area (Å²) >= 11 is 12.0. The van der Waals surface area contributed by atoms with Crippen molar-refractivity contribution in [3.05, 3.63) is 46.4 Å². The standard InChI is InChI=1S/C18H20Cl2O4/c1-21-15-6-5-7-16(22-2)18(15)24-11-4-3-10-23-17-12-13(19)8-9-14(17)20/h5-9,12H,3-4,10-11H2,1-2H3. The maximum absolute atomic E-state index is 6.05. The van der Waals surface area contributed by atoms with E-state index in [1.54, 1.807) is 32.4 Å². The first-order chi connectivity index (χ1) is 11.7. The van der Waals surface area contributed by atoms with Crippen LogP contribution < -0.4 is 18.9 Å². The molecule has 0 heterocycles. The van der Waals surface area contributed by atoms with Crippen molar-refractivity contribution >= 4 is 23.2 Å². The summed E-state index contributed by atoms with van der Waals surface area (Å²) in [7, 11) is 3.20. The molecule has 2 rings (SSSR count). The molecule has 0 radical (unpaired) electrons. The van der Waals surface area contributed by atoms with Crippen molar-refractivity contribution in [1.29, 1.82) is 0 Å². The molecule has 24 heavy (non-hydrogen) atoms. The van der Waals surface area contributed by atoms with Gasteiger partial charge in [-0.2, -0.15) is 0 Å². The molecule has 6 heteroatoms. The second-order valence-electron chi connectivity index (χ2n) is 4.97. The summed E-state index contributed by atoms with van der Waals surface area (Å²) in [5.41, 5.74) is 0. The number of methoxy groups -OCH3 is 2. The lowest BCUT2D eigenvalue weighted by molar-refractivity contribution is 0.249. The van der Waals surface area contributed by atoms with Gasteiger partial charge in [0.25, 0.3) is 0 Å². The van der Waals surface area contributed by atoms with E-state index in [1.165, 1.54) is 0 Å². The van der Waals surface area contributed by atoms with Crippen molar-refractivity contribution in [2.24, 2.45) is 0 Å². The third kappa shape index (κ3) is 5.11. The van der Waals surface area contributed by atoms with Gasteiger partial charge in [-0.3, -0.25) is 0 Å². The highest BCUT2D eigenvalue weighted by atomic mass is 35.5. The molecule has 0 unspecified atom stereocenters. The summed E-state index contributed by atoms with van der Waals surface area (Å²) in [5.74, 6) is 2.51. The van der Waals surface area contributed by atoms with Crippen LogP contribution in [0.25, 0.3) is 0 Å². The minimum atomic E-state index is 0.531. The molecule has 0 aliphatic heterocycles. The highest BCUT2D eigenvalue weighted by Gasteiger charge is 2.10. The zero-order valence-corrected chi connectivity index (χ0v) is 15.2. The van der Waals surface area contributed by atoms with Gasteiger partial charge in [0.1, 0.15) is 5.75 Å². The lowest BCUT2D eigenvalue weighted by Gasteiger charge is -2.14. The molecule has 0 aromatic heterocycles. The predicted molar refractivity (Wildman–Crippen MR) is 96.2 cm³/mol. The first kappa shape index (κ1) is 18.6. The van der Waals surface area contributed by atoms with E-state index in [0.29, 0.717) is 46.3 Å². The van der Waals surface area contributed by atoms with E-state index in [-0.39, 0.29) is 0 Å². The number of hydrogen-bond donors (Lipinski definition) is 0. The molecule has 130 valence electrons. The molecular weight excluding hydrogens is 351 g/mol. The van der Waals surface area contributed by atoms with E-state index in [4.69, 9.17) is 42.1 Å². The maximum atomic E-state index is 6.05. The van der Waals surface area contributed by atoms with Gasteiger partial charge in [0.2, 0.25) is 5.75 Å². The molecule has 0 aliphatic carbocycles. The number of ether oxygens (including phenoxy) is 4. The number of unbranched alkanes of at least 4 members (excludes halogenated alkanes) is 1. The highest BCUT2D eigenvalue weighted by molar-refractivity contribution is 6.34. The average Bonchev–Trinajstić information content (AvgIpc) is 2.60. The van der Waals surface area contributed by atoms with Crippen molar-refractivity contribution in [3.63, 3.8) is 0 Å². The summed E-state index contributed by atoms with van der Waals surface area (Å²) in [6.07, 6.45) is 1.64. The minimum absolute atomic E-state index is 0.531. The third-order valence-electron chi connectivity index (χ3n) is 3.32. The molecule has 0 fully saturated rings. The van der Waals surface area contributed by atoms with Crippen LogP contribution in [0.3, 0.4) is 0 Å². The van der Waals surface area contributed by atoms with Crippen molar-refractivity contribution in [3.8, 4) is 23.0 Å². The quantitative estimate of drug-likeness (QED) is 0.565. The molecule has 0 spiro atoms. The number of halogens is 2. The topological polar surface area (TPSA) is 36.9 Å². The Kier molecular flexibility index (Phi) is 7.35. The summed E-state index contributed by atoms with van der Waals surface area (Å²) in [6, 6.07) is 10.7. The Morgan fingerprint density at radius 3 is 2.04 bits per heavy atom. The Hall–Kier alpha value is -1.78. The normalized spacial score (nSPS) is 10.3. The van der Waals surface area contributed by atoms with E-state index in [9.17, 15) is 0 Å². The molecule has 4 nitrogen and oxygen atoms in total. The zero-order chi connectivity index (χ0) is 17.4. The number of rotatable bonds is 9. The number of hydrogen-bond acceptors (Lipinski definition) is 4. The fourth-order valence-corrected chi connectivity index (χ4v) is 2.44.